The second-order valence-electron chi connectivity index (χ2n) is 4.26. The van der Waals surface area contributed by atoms with Gasteiger partial charge in [-0.1, -0.05) is 41.9 Å². The maximum atomic E-state index is 11.6. The van der Waals surface area contributed by atoms with Gasteiger partial charge in [-0.2, -0.15) is 0 Å². The first-order valence-electron chi connectivity index (χ1n) is 6.45. The van der Waals surface area contributed by atoms with E-state index in [0.717, 1.165) is 5.56 Å². The molecule has 22 heavy (non-hydrogen) atoms. The van der Waals surface area contributed by atoms with Gasteiger partial charge in [0.1, 0.15) is 5.82 Å². The average Bonchev–Trinajstić information content (AvgIpc) is 2.54. The maximum Gasteiger partial charge on any atom is 0.331 e. The molecular formula is C16H13ClN2O3. The van der Waals surface area contributed by atoms with E-state index < -0.39 is 11.9 Å². The highest BCUT2D eigenvalue weighted by Gasteiger charge is 2.06. The van der Waals surface area contributed by atoms with Crippen molar-refractivity contribution in [2.45, 2.75) is 0 Å². The van der Waals surface area contributed by atoms with Crippen molar-refractivity contribution in [2.24, 2.45) is 0 Å². The van der Waals surface area contributed by atoms with Crippen molar-refractivity contribution in [2.75, 3.05) is 11.9 Å². The van der Waals surface area contributed by atoms with Gasteiger partial charge < -0.3 is 10.1 Å². The van der Waals surface area contributed by atoms with E-state index in [1.165, 1.54) is 12.3 Å². The fourth-order valence-corrected chi connectivity index (χ4v) is 1.65. The molecule has 2 aromatic rings. The lowest BCUT2D eigenvalue weighted by Crippen LogP contribution is -2.20. The molecule has 112 valence electrons. The summed E-state index contributed by atoms with van der Waals surface area (Å²) in [5.74, 6) is -0.732. The van der Waals surface area contributed by atoms with E-state index in [0.29, 0.717) is 10.8 Å². The van der Waals surface area contributed by atoms with Gasteiger partial charge in [0.25, 0.3) is 5.91 Å². The van der Waals surface area contributed by atoms with Crippen LogP contribution in [0.4, 0.5) is 5.82 Å². The monoisotopic (exact) mass is 316 g/mol. The van der Waals surface area contributed by atoms with Crippen LogP contribution in [-0.2, 0) is 14.3 Å². The second kappa shape index (κ2) is 7.95. The number of halogens is 1. The van der Waals surface area contributed by atoms with E-state index in [9.17, 15) is 9.59 Å². The van der Waals surface area contributed by atoms with E-state index in [-0.39, 0.29) is 6.61 Å². The van der Waals surface area contributed by atoms with Crippen molar-refractivity contribution in [3.05, 3.63) is 65.3 Å². The molecular weight excluding hydrogens is 304 g/mol. The Hall–Kier alpha value is -2.66. The van der Waals surface area contributed by atoms with E-state index in [2.05, 4.69) is 10.3 Å². The molecule has 0 radical (unpaired) electrons. The number of nitrogens with one attached hydrogen (secondary N) is 1. The van der Waals surface area contributed by atoms with Crippen LogP contribution in [0.25, 0.3) is 6.08 Å². The molecule has 0 saturated carbocycles. The fraction of sp³-hybridized carbons (Fsp3) is 0.0625. The molecule has 1 aromatic carbocycles. The lowest BCUT2D eigenvalue weighted by atomic mass is 10.2. The molecule has 0 unspecified atom stereocenters. The Morgan fingerprint density at radius 2 is 1.95 bits per heavy atom. The highest BCUT2D eigenvalue weighted by Crippen LogP contribution is 2.09. The minimum absolute atomic E-state index is 0.338. The van der Waals surface area contributed by atoms with Crippen LogP contribution < -0.4 is 5.32 Å². The number of carbonyl (C=O) groups is 2. The number of pyridine rings is 1. The number of carbonyl (C=O) groups excluding carboxylic acids is 2. The summed E-state index contributed by atoms with van der Waals surface area (Å²) in [6, 6.07) is 12.4. The van der Waals surface area contributed by atoms with Crippen LogP contribution in [0, 0.1) is 0 Å². The van der Waals surface area contributed by atoms with Crippen molar-refractivity contribution >= 4 is 35.4 Å². The first kappa shape index (κ1) is 15.7. The number of hydrogen-bond donors (Lipinski definition) is 1. The van der Waals surface area contributed by atoms with E-state index in [1.807, 2.05) is 30.3 Å². The van der Waals surface area contributed by atoms with Gasteiger partial charge in [-0.05, 0) is 23.8 Å². The topological polar surface area (TPSA) is 68.3 Å². The van der Waals surface area contributed by atoms with Crippen LogP contribution in [-0.4, -0.2) is 23.5 Å². The van der Waals surface area contributed by atoms with Crippen LogP contribution in [0.5, 0.6) is 0 Å². The van der Waals surface area contributed by atoms with Crippen LogP contribution in [0.3, 0.4) is 0 Å². The van der Waals surface area contributed by atoms with E-state index in [1.54, 1.807) is 18.2 Å². The van der Waals surface area contributed by atoms with Gasteiger partial charge >= 0.3 is 5.97 Å². The predicted octanol–water partition coefficient (Wildman–Crippen LogP) is 2.93. The summed E-state index contributed by atoms with van der Waals surface area (Å²) in [4.78, 5) is 27.0. The summed E-state index contributed by atoms with van der Waals surface area (Å²) in [5, 5.41) is 2.96. The first-order valence-corrected chi connectivity index (χ1v) is 6.82. The fourth-order valence-electron chi connectivity index (χ4n) is 1.54. The summed E-state index contributed by atoms with van der Waals surface area (Å²) in [5.41, 5.74) is 0.870. The first-order chi connectivity index (χ1) is 10.6. The number of nitrogens with zero attached hydrogens (tertiary/aromatic N) is 1. The van der Waals surface area contributed by atoms with Gasteiger partial charge in [-0.3, -0.25) is 4.79 Å². The van der Waals surface area contributed by atoms with Crippen molar-refractivity contribution in [3.8, 4) is 0 Å². The molecule has 5 nitrogen and oxygen atoms in total. The van der Waals surface area contributed by atoms with Crippen LogP contribution in [0.15, 0.2) is 54.7 Å². The van der Waals surface area contributed by atoms with Crippen molar-refractivity contribution in [1.82, 2.24) is 4.98 Å². The van der Waals surface area contributed by atoms with Crippen LogP contribution >= 0.6 is 11.6 Å². The molecule has 6 heteroatoms. The summed E-state index contributed by atoms with van der Waals surface area (Å²) in [7, 11) is 0. The Bertz CT molecular complexity index is 670. The Kier molecular flexibility index (Phi) is 5.68. The number of rotatable bonds is 5. The predicted molar refractivity (Wildman–Crippen MR) is 84.3 cm³/mol. The van der Waals surface area contributed by atoms with Gasteiger partial charge in [0.15, 0.2) is 6.61 Å². The lowest BCUT2D eigenvalue weighted by molar-refractivity contribution is -0.142. The number of amides is 1. The minimum Gasteiger partial charge on any atom is -0.452 e. The zero-order valence-corrected chi connectivity index (χ0v) is 12.3. The van der Waals surface area contributed by atoms with E-state index >= 15 is 0 Å². The summed E-state index contributed by atoms with van der Waals surface area (Å²) in [6.45, 7) is -0.387. The second-order valence-corrected chi connectivity index (χ2v) is 4.70. The Morgan fingerprint density at radius 3 is 2.64 bits per heavy atom. The smallest absolute Gasteiger partial charge is 0.331 e. The third-order valence-corrected chi connectivity index (χ3v) is 2.78. The normalized spacial score (nSPS) is 10.4. The summed E-state index contributed by atoms with van der Waals surface area (Å²) in [6.07, 6.45) is 4.29. The molecule has 0 spiro atoms. The standard InChI is InChI=1S/C16H13ClN2O3/c17-13-7-8-14(18-10-13)19-15(20)11-22-16(21)9-6-12-4-2-1-3-5-12/h1-10H,11H2,(H,18,19,20)/b9-6+. The van der Waals surface area contributed by atoms with Gasteiger partial charge in [0.2, 0.25) is 0 Å². The number of aromatic nitrogens is 1. The SMILES string of the molecule is O=C(COC(=O)/C=C/c1ccccc1)Nc1ccc(Cl)cn1. The molecule has 0 atom stereocenters. The third-order valence-electron chi connectivity index (χ3n) is 2.55. The van der Waals surface area contributed by atoms with Gasteiger partial charge in [0, 0.05) is 12.3 Å². The summed E-state index contributed by atoms with van der Waals surface area (Å²) >= 11 is 5.68. The average molecular weight is 317 g/mol. The Labute approximate surface area is 132 Å². The minimum atomic E-state index is -0.594. The molecule has 0 fully saturated rings. The zero-order valence-electron chi connectivity index (χ0n) is 11.5. The van der Waals surface area contributed by atoms with Crippen molar-refractivity contribution in [1.29, 1.82) is 0 Å². The number of benzene rings is 1. The van der Waals surface area contributed by atoms with Crippen molar-refractivity contribution in [3.63, 3.8) is 0 Å². The zero-order chi connectivity index (χ0) is 15.8. The summed E-state index contributed by atoms with van der Waals surface area (Å²) < 4.78 is 4.83. The van der Waals surface area contributed by atoms with E-state index in [4.69, 9.17) is 16.3 Å². The number of hydrogen-bond acceptors (Lipinski definition) is 4. The molecule has 2 rings (SSSR count). The third kappa shape index (κ3) is 5.38. The molecule has 0 saturated heterocycles. The molecule has 0 aliphatic rings. The highest BCUT2D eigenvalue weighted by molar-refractivity contribution is 6.30. The quantitative estimate of drug-likeness (QED) is 0.680. The van der Waals surface area contributed by atoms with Crippen LogP contribution in [0.2, 0.25) is 5.02 Å². The molecule has 1 N–H and O–H groups in total. The lowest BCUT2D eigenvalue weighted by Gasteiger charge is -2.04. The molecule has 0 aliphatic carbocycles. The molecule has 1 amide bonds. The Balaban J connectivity index is 1.77. The highest BCUT2D eigenvalue weighted by atomic mass is 35.5. The number of ether oxygens (including phenoxy) is 1. The number of anilines is 1. The van der Waals surface area contributed by atoms with Gasteiger partial charge in [-0.25, -0.2) is 9.78 Å². The van der Waals surface area contributed by atoms with Gasteiger partial charge in [0.05, 0.1) is 5.02 Å². The Morgan fingerprint density at radius 1 is 1.18 bits per heavy atom. The maximum absolute atomic E-state index is 11.6. The molecule has 1 aromatic heterocycles. The number of esters is 1. The van der Waals surface area contributed by atoms with Gasteiger partial charge in [-0.15, -0.1) is 0 Å². The van der Waals surface area contributed by atoms with Crippen molar-refractivity contribution < 1.29 is 14.3 Å². The molecule has 1 heterocycles. The van der Waals surface area contributed by atoms with Crippen LogP contribution in [0.1, 0.15) is 5.56 Å². The largest absolute Gasteiger partial charge is 0.452 e. The molecule has 0 bridgehead atoms. The molecule has 0 aliphatic heterocycles.